The summed E-state index contributed by atoms with van der Waals surface area (Å²) >= 11 is 0. The number of likely N-dealkylation sites (tertiary alicyclic amines) is 1. The second-order valence-electron chi connectivity index (χ2n) is 7.29. The molecule has 1 saturated carbocycles. The summed E-state index contributed by atoms with van der Waals surface area (Å²) in [6.45, 7) is 2.09. The third-order valence-corrected chi connectivity index (χ3v) is 5.50. The van der Waals surface area contributed by atoms with E-state index in [0.717, 1.165) is 32.2 Å². The molecule has 1 aliphatic carbocycles. The molecule has 6 heteroatoms. The maximum atomic E-state index is 12.3. The Balaban J connectivity index is 1.29. The summed E-state index contributed by atoms with van der Waals surface area (Å²) in [6.07, 6.45) is 6.90. The minimum Gasteiger partial charge on any atom is -0.459 e. The van der Waals surface area contributed by atoms with Crippen LogP contribution >= 0.6 is 0 Å². The van der Waals surface area contributed by atoms with Gasteiger partial charge in [-0.25, -0.2) is 0 Å². The van der Waals surface area contributed by atoms with E-state index in [1.165, 1.54) is 19.1 Å². The lowest BCUT2D eigenvalue weighted by Gasteiger charge is -2.38. The van der Waals surface area contributed by atoms with Crippen LogP contribution < -0.4 is 5.32 Å². The van der Waals surface area contributed by atoms with E-state index in [-0.39, 0.29) is 23.5 Å². The summed E-state index contributed by atoms with van der Waals surface area (Å²) in [5.74, 6) is 1.04. The van der Waals surface area contributed by atoms with Crippen molar-refractivity contribution >= 4 is 11.8 Å². The van der Waals surface area contributed by atoms with Gasteiger partial charge >= 0.3 is 0 Å². The van der Waals surface area contributed by atoms with Crippen LogP contribution in [0.3, 0.4) is 0 Å². The Morgan fingerprint density at radius 1 is 1.21 bits per heavy atom. The van der Waals surface area contributed by atoms with Crippen LogP contribution in [0.25, 0.3) is 0 Å². The van der Waals surface area contributed by atoms with Gasteiger partial charge in [-0.2, -0.15) is 0 Å². The van der Waals surface area contributed by atoms with Gasteiger partial charge < -0.3 is 19.4 Å². The van der Waals surface area contributed by atoms with Crippen LogP contribution in [0, 0.1) is 5.92 Å². The molecule has 0 radical (unpaired) electrons. The Morgan fingerprint density at radius 3 is 2.67 bits per heavy atom. The zero-order valence-corrected chi connectivity index (χ0v) is 13.8. The van der Waals surface area contributed by atoms with Gasteiger partial charge in [-0.1, -0.05) is 0 Å². The Bertz CT molecular complexity index is 601. The zero-order valence-electron chi connectivity index (χ0n) is 13.8. The molecule has 1 spiro atoms. The molecule has 3 aliphatic rings. The van der Waals surface area contributed by atoms with Crippen LogP contribution in [0.15, 0.2) is 22.8 Å². The van der Waals surface area contributed by atoms with Crippen molar-refractivity contribution in [3.8, 4) is 0 Å². The minimum atomic E-state index is -0.323. The second-order valence-corrected chi connectivity index (χ2v) is 7.29. The van der Waals surface area contributed by atoms with E-state index in [1.807, 2.05) is 4.90 Å². The van der Waals surface area contributed by atoms with Gasteiger partial charge in [0, 0.05) is 19.6 Å². The molecule has 4 rings (SSSR count). The Labute approximate surface area is 141 Å². The summed E-state index contributed by atoms with van der Waals surface area (Å²) in [4.78, 5) is 26.4. The van der Waals surface area contributed by atoms with Crippen LogP contribution in [-0.2, 0) is 9.53 Å². The Hall–Kier alpha value is -1.82. The van der Waals surface area contributed by atoms with E-state index in [0.29, 0.717) is 24.8 Å². The van der Waals surface area contributed by atoms with Gasteiger partial charge in [0.1, 0.15) is 6.10 Å². The summed E-state index contributed by atoms with van der Waals surface area (Å²) in [6, 6.07) is 3.42. The van der Waals surface area contributed by atoms with Gasteiger partial charge in [0.05, 0.1) is 11.9 Å². The molecular formula is C18H24N2O4. The molecular weight excluding hydrogens is 308 g/mol. The largest absolute Gasteiger partial charge is 0.459 e. The maximum Gasteiger partial charge on any atom is 0.289 e. The van der Waals surface area contributed by atoms with E-state index in [4.69, 9.17) is 9.15 Å². The molecule has 1 atom stereocenters. The number of nitrogens with one attached hydrogen (secondary N) is 1. The van der Waals surface area contributed by atoms with Crippen molar-refractivity contribution < 1.29 is 18.7 Å². The van der Waals surface area contributed by atoms with Crippen LogP contribution in [0.1, 0.15) is 49.1 Å². The van der Waals surface area contributed by atoms with E-state index in [1.54, 1.807) is 12.1 Å². The van der Waals surface area contributed by atoms with Crippen LogP contribution in [0.2, 0.25) is 0 Å². The van der Waals surface area contributed by atoms with Crippen molar-refractivity contribution in [3.63, 3.8) is 0 Å². The van der Waals surface area contributed by atoms with Crippen LogP contribution in [-0.4, -0.2) is 48.1 Å². The summed E-state index contributed by atoms with van der Waals surface area (Å²) in [5.41, 5.74) is -0.235. The second kappa shape index (κ2) is 6.24. The molecule has 3 heterocycles. The van der Waals surface area contributed by atoms with E-state index in [9.17, 15) is 9.59 Å². The van der Waals surface area contributed by atoms with Crippen molar-refractivity contribution in [1.82, 2.24) is 10.2 Å². The fourth-order valence-corrected chi connectivity index (χ4v) is 3.72. The molecule has 6 nitrogen and oxygen atoms in total. The number of hydrogen-bond acceptors (Lipinski definition) is 4. The smallest absolute Gasteiger partial charge is 0.289 e. The highest BCUT2D eigenvalue weighted by Gasteiger charge is 2.45. The zero-order chi connectivity index (χ0) is 16.6. The average molecular weight is 332 g/mol. The summed E-state index contributed by atoms with van der Waals surface area (Å²) in [7, 11) is 0. The molecule has 1 aromatic rings. The number of carbonyl (C=O) groups is 2. The molecule has 24 heavy (non-hydrogen) atoms. The molecule has 0 unspecified atom stereocenters. The lowest BCUT2D eigenvalue weighted by Crippen LogP contribution is -2.47. The average Bonchev–Trinajstić information content (AvgIpc) is 3.09. The standard InChI is InChI=1S/C18H24N2O4/c21-16(19-12-13-3-4-13)14-5-6-18(24-14)7-9-20(10-8-18)17(22)15-2-1-11-23-15/h1-2,11,13-14H,3-10,12H2,(H,19,21)/t14-/m1/s1. The highest BCUT2D eigenvalue weighted by molar-refractivity contribution is 5.91. The van der Waals surface area contributed by atoms with Gasteiger partial charge in [0.2, 0.25) is 5.91 Å². The van der Waals surface area contributed by atoms with E-state index < -0.39 is 0 Å². The molecule has 3 fully saturated rings. The summed E-state index contributed by atoms with van der Waals surface area (Å²) in [5, 5.41) is 3.01. The SMILES string of the molecule is O=C(NCC1CC1)[C@H]1CCC2(CCN(C(=O)c3ccco3)CC2)O1. The van der Waals surface area contributed by atoms with E-state index >= 15 is 0 Å². The number of piperidine rings is 1. The van der Waals surface area contributed by atoms with Crippen molar-refractivity contribution in [3.05, 3.63) is 24.2 Å². The third kappa shape index (κ3) is 3.20. The van der Waals surface area contributed by atoms with Gasteiger partial charge in [0.25, 0.3) is 5.91 Å². The first-order valence-electron chi connectivity index (χ1n) is 8.94. The molecule has 1 N–H and O–H groups in total. The number of ether oxygens (including phenoxy) is 1. The number of furan rings is 1. The van der Waals surface area contributed by atoms with Crippen LogP contribution in [0.5, 0.6) is 0 Å². The van der Waals surface area contributed by atoms with E-state index in [2.05, 4.69) is 5.32 Å². The predicted octanol–water partition coefficient (Wildman–Crippen LogP) is 1.96. The molecule has 2 aliphatic heterocycles. The number of amides is 2. The van der Waals surface area contributed by atoms with Gasteiger partial charge in [-0.3, -0.25) is 9.59 Å². The first-order valence-corrected chi connectivity index (χ1v) is 8.94. The molecule has 130 valence electrons. The van der Waals surface area contributed by atoms with Crippen molar-refractivity contribution in [2.75, 3.05) is 19.6 Å². The first kappa shape index (κ1) is 15.7. The van der Waals surface area contributed by atoms with Crippen molar-refractivity contribution in [2.24, 2.45) is 5.92 Å². The Kier molecular flexibility index (Phi) is 4.08. The molecule has 0 bridgehead atoms. The predicted molar refractivity (Wildman–Crippen MR) is 86.4 cm³/mol. The Morgan fingerprint density at radius 2 is 2.00 bits per heavy atom. The number of nitrogens with zero attached hydrogens (tertiary/aromatic N) is 1. The highest BCUT2D eigenvalue weighted by Crippen LogP contribution is 2.39. The number of rotatable bonds is 4. The first-order chi connectivity index (χ1) is 11.7. The lowest BCUT2D eigenvalue weighted by molar-refractivity contribution is -0.140. The van der Waals surface area contributed by atoms with Crippen molar-refractivity contribution in [2.45, 2.75) is 50.2 Å². The monoisotopic (exact) mass is 332 g/mol. The quantitative estimate of drug-likeness (QED) is 0.915. The molecule has 0 aromatic carbocycles. The van der Waals surface area contributed by atoms with Gasteiger partial charge in [0.15, 0.2) is 5.76 Å². The molecule has 2 saturated heterocycles. The fourth-order valence-electron chi connectivity index (χ4n) is 3.72. The van der Waals surface area contributed by atoms with Gasteiger partial charge in [-0.05, 0) is 56.6 Å². The number of hydrogen-bond donors (Lipinski definition) is 1. The topological polar surface area (TPSA) is 71.8 Å². The lowest BCUT2D eigenvalue weighted by atomic mass is 9.88. The molecule has 2 amide bonds. The summed E-state index contributed by atoms with van der Waals surface area (Å²) < 4.78 is 11.3. The van der Waals surface area contributed by atoms with Crippen molar-refractivity contribution in [1.29, 1.82) is 0 Å². The maximum absolute atomic E-state index is 12.3. The highest BCUT2D eigenvalue weighted by atomic mass is 16.5. The fraction of sp³-hybridized carbons (Fsp3) is 0.667. The van der Waals surface area contributed by atoms with Gasteiger partial charge in [-0.15, -0.1) is 0 Å². The minimum absolute atomic E-state index is 0.0351. The third-order valence-electron chi connectivity index (χ3n) is 5.50. The molecule has 1 aromatic heterocycles. The van der Waals surface area contributed by atoms with Crippen LogP contribution in [0.4, 0.5) is 0 Å². The number of carbonyl (C=O) groups excluding carboxylic acids is 2. The normalized spacial score (nSPS) is 25.8.